The van der Waals surface area contributed by atoms with Gasteiger partial charge in [-0.25, -0.2) is 0 Å². The van der Waals surface area contributed by atoms with Crippen molar-refractivity contribution in [1.82, 2.24) is 20.4 Å². The summed E-state index contributed by atoms with van der Waals surface area (Å²) in [6.07, 6.45) is 6.19. The van der Waals surface area contributed by atoms with Crippen LogP contribution in [0.1, 0.15) is 44.3 Å². The van der Waals surface area contributed by atoms with Crippen LogP contribution in [0, 0.1) is 5.92 Å². The molecule has 0 aromatic carbocycles. The lowest BCUT2D eigenvalue weighted by atomic mass is 9.97. The van der Waals surface area contributed by atoms with Crippen LogP contribution in [0.4, 0.5) is 0 Å². The Morgan fingerprint density at radius 2 is 2.05 bits per heavy atom. The van der Waals surface area contributed by atoms with Crippen LogP contribution in [0.5, 0.6) is 0 Å². The molecule has 3 rings (SSSR count). The molecule has 2 heterocycles. The molecule has 1 aliphatic carbocycles. The van der Waals surface area contributed by atoms with Gasteiger partial charge in [0.25, 0.3) is 0 Å². The lowest BCUT2D eigenvalue weighted by Crippen LogP contribution is -2.37. The highest BCUT2D eigenvalue weighted by Crippen LogP contribution is 2.22. The van der Waals surface area contributed by atoms with Crippen molar-refractivity contribution in [2.75, 3.05) is 19.6 Å². The molecule has 19 heavy (non-hydrogen) atoms. The molecule has 1 saturated carbocycles. The summed E-state index contributed by atoms with van der Waals surface area (Å²) in [4.78, 5) is 6.81. The van der Waals surface area contributed by atoms with Crippen LogP contribution in [0.3, 0.4) is 0 Å². The number of hydrogen-bond acceptors (Lipinski definition) is 5. The molecular formula is C14H24N4O. The van der Waals surface area contributed by atoms with E-state index < -0.39 is 0 Å². The van der Waals surface area contributed by atoms with Crippen molar-refractivity contribution in [2.45, 2.75) is 51.6 Å². The van der Waals surface area contributed by atoms with Crippen LogP contribution in [0.15, 0.2) is 4.52 Å². The Balaban J connectivity index is 1.39. The predicted octanol–water partition coefficient (Wildman–Crippen LogP) is 1.60. The van der Waals surface area contributed by atoms with E-state index in [1.165, 1.54) is 32.2 Å². The normalized spacial score (nSPS) is 21.9. The van der Waals surface area contributed by atoms with Crippen LogP contribution in [-0.2, 0) is 13.0 Å². The maximum atomic E-state index is 5.26. The minimum Gasteiger partial charge on any atom is -0.338 e. The molecule has 1 N–H and O–H groups in total. The fourth-order valence-corrected chi connectivity index (χ4v) is 2.66. The van der Waals surface area contributed by atoms with Gasteiger partial charge in [-0.05, 0) is 51.2 Å². The van der Waals surface area contributed by atoms with Gasteiger partial charge < -0.3 is 9.84 Å². The zero-order valence-electron chi connectivity index (χ0n) is 11.8. The monoisotopic (exact) mass is 264 g/mol. The second-order valence-electron chi connectivity index (χ2n) is 5.86. The first-order chi connectivity index (χ1) is 9.33. The summed E-state index contributed by atoms with van der Waals surface area (Å²) in [5.74, 6) is 2.44. The van der Waals surface area contributed by atoms with Gasteiger partial charge in [0.15, 0.2) is 5.82 Å². The van der Waals surface area contributed by atoms with Crippen molar-refractivity contribution < 1.29 is 4.52 Å². The van der Waals surface area contributed by atoms with Gasteiger partial charge in [-0.15, -0.1) is 0 Å². The highest BCUT2D eigenvalue weighted by atomic mass is 16.5. The predicted molar refractivity (Wildman–Crippen MR) is 72.7 cm³/mol. The van der Waals surface area contributed by atoms with Crippen molar-refractivity contribution in [3.63, 3.8) is 0 Å². The number of likely N-dealkylation sites (tertiary alicyclic amines) is 1. The number of nitrogens with zero attached hydrogens (tertiary/aromatic N) is 3. The van der Waals surface area contributed by atoms with Gasteiger partial charge in [-0.3, -0.25) is 4.90 Å². The lowest BCUT2D eigenvalue weighted by molar-refractivity contribution is 0.157. The molecule has 1 saturated heterocycles. The fraction of sp³-hybridized carbons (Fsp3) is 0.857. The molecule has 1 aromatic rings. The maximum absolute atomic E-state index is 5.26. The van der Waals surface area contributed by atoms with E-state index in [4.69, 9.17) is 4.52 Å². The molecule has 0 spiro atoms. The van der Waals surface area contributed by atoms with Crippen molar-refractivity contribution in [3.05, 3.63) is 11.7 Å². The summed E-state index contributed by atoms with van der Waals surface area (Å²) < 4.78 is 5.26. The van der Waals surface area contributed by atoms with E-state index in [1.54, 1.807) is 0 Å². The highest BCUT2D eigenvalue weighted by molar-refractivity contribution is 4.87. The largest absolute Gasteiger partial charge is 0.338 e. The van der Waals surface area contributed by atoms with Crippen molar-refractivity contribution in [3.8, 4) is 0 Å². The first-order valence-corrected chi connectivity index (χ1v) is 7.60. The minimum atomic E-state index is 0.770. The first kappa shape index (κ1) is 13.1. The number of piperidine rings is 1. The summed E-state index contributed by atoms with van der Waals surface area (Å²) in [6, 6.07) is 0.837. The molecule has 0 amide bonds. The van der Waals surface area contributed by atoms with Crippen LogP contribution in [0.25, 0.3) is 0 Å². The Kier molecular flexibility index (Phi) is 4.13. The third-order valence-corrected chi connectivity index (χ3v) is 4.16. The Labute approximate surface area is 114 Å². The number of nitrogens with one attached hydrogen (secondary N) is 1. The molecule has 2 aliphatic rings. The summed E-state index contributed by atoms with van der Waals surface area (Å²) in [5.41, 5.74) is 0. The second-order valence-corrected chi connectivity index (χ2v) is 5.86. The average molecular weight is 264 g/mol. The molecule has 0 atom stereocenters. The standard InChI is InChI=1S/C14H24N4O/c1-2-13-16-14(19-17-13)10-18-7-5-11(6-8-18)9-15-12-3-4-12/h11-12,15H,2-10H2,1H3. The Morgan fingerprint density at radius 1 is 1.26 bits per heavy atom. The van der Waals surface area contributed by atoms with Gasteiger partial charge in [0.1, 0.15) is 0 Å². The lowest BCUT2D eigenvalue weighted by Gasteiger charge is -2.31. The van der Waals surface area contributed by atoms with Crippen LogP contribution < -0.4 is 5.32 Å². The van der Waals surface area contributed by atoms with Crippen molar-refractivity contribution >= 4 is 0 Å². The summed E-state index contributed by atoms with van der Waals surface area (Å²) >= 11 is 0. The topological polar surface area (TPSA) is 54.2 Å². The summed E-state index contributed by atoms with van der Waals surface area (Å²) in [7, 11) is 0. The van der Waals surface area contributed by atoms with E-state index in [0.29, 0.717) is 0 Å². The minimum absolute atomic E-state index is 0.770. The third-order valence-electron chi connectivity index (χ3n) is 4.16. The van der Waals surface area contributed by atoms with E-state index in [9.17, 15) is 0 Å². The highest BCUT2D eigenvalue weighted by Gasteiger charge is 2.24. The third kappa shape index (κ3) is 3.76. The molecule has 5 heteroatoms. The van der Waals surface area contributed by atoms with E-state index in [1.807, 2.05) is 6.92 Å². The van der Waals surface area contributed by atoms with Gasteiger partial charge in [-0.1, -0.05) is 12.1 Å². The first-order valence-electron chi connectivity index (χ1n) is 7.60. The van der Waals surface area contributed by atoms with Crippen LogP contribution >= 0.6 is 0 Å². The van der Waals surface area contributed by atoms with Crippen molar-refractivity contribution in [2.24, 2.45) is 5.92 Å². The van der Waals surface area contributed by atoms with Gasteiger partial charge in [0.05, 0.1) is 6.54 Å². The molecule has 0 radical (unpaired) electrons. The Morgan fingerprint density at radius 3 is 2.68 bits per heavy atom. The van der Waals surface area contributed by atoms with Gasteiger partial charge in [-0.2, -0.15) is 4.98 Å². The summed E-state index contributed by atoms with van der Waals surface area (Å²) in [5, 5.41) is 7.59. The van der Waals surface area contributed by atoms with E-state index in [0.717, 1.165) is 49.7 Å². The molecule has 1 aromatic heterocycles. The molecule has 0 bridgehead atoms. The zero-order chi connectivity index (χ0) is 13.1. The molecule has 2 fully saturated rings. The average Bonchev–Trinajstić information content (AvgIpc) is 3.17. The zero-order valence-corrected chi connectivity index (χ0v) is 11.8. The van der Waals surface area contributed by atoms with Gasteiger partial charge >= 0.3 is 0 Å². The molecule has 1 aliphatic heterocycles. The number of aromatic nitrogens is 2. The van der Waals surface area contributed by atoms with Gasteiger partial charge in [0, 0.05) is 12.5 Å². The quantitative estimate of drug-likeness (QED) is 0.845. The van der Waals surface area contributed by atoms with Gasteiger partial charge in [0.2, 0.25) is 5.89 Å². The van der Waals surface area contributed by atoms with E-state index in [-0.39, 0.29) is 0 Å². The van der Waals surface area contributed by atoms with Crippen molar-refractivity contribution in [1.29, 1.82) is 0 Å². The second kappa shape index (κ2) is 6.01. The fourth-order valence-electron chi connectivity index (χ4n) is 2.66. The molecule has 106 valence electrons. The Hall–Kier alpha value is -0.940. The Bertz CT molecular complexity index is 394. The van der Waals surface area contributed by atoms with E-state index >= 15 is 0 Å². The van der Waals surface area contributed by atoms with E-state index in [2.05, 4.69) is 20.4 Å². The molecule has 5 nitrogen and oxygen atoms in total. The SMILES string of the molecule is CCc1noc(CN2CCC(CNC3CC3)CC2)n1. The molecular weight excluding hydrogens is 240 g/mol. The number of rotatable bonds is 6. The maximum Gasteiger partial charge on any atom is 0.240 e. The molecule has 0 unspecified atom stereocenters. The number of hydrogen-bond donors (Lipinski definition) is 1. The smallest absolute Gasteiger partial charge is 0.240 e. The van der Waals surface area contributed by atoms with Crippen LogP contribution in [0.2, 0.25) is 0 Å². The van der Waals surface area contributed by atoms with Crippen LogP contribution in [-0.4, -0.2) is 40.7 Å². The number of aryl methyl sites for hydroxylation is 1. The summed E-state index contributed by atoms with van der Waals surface area (Å²) in [6.45, 7) is 6.38.